The van der Waals surface area contributed by atoms with Crippen LogP contribution in [0, 0.1) is 11.7 Å². The lowest BCUT2D eigenvalue weighted by atomic mass is 9.85. The molecule has 182 valence electrons. The monoisotopic (exact) mass is 487 g/mol. The highest BCUT2D eigenvalue weighted by atomic mass is 32.2. The standard InChI is InChI=1S/C25H30FN3O4S/c1-16(17-2-7-20(26)8-3-17)27-25(31)18-4-9-21(10-5-18)29-34(32,33)23-11-6-19-14-22(12-13-30)28-24(19)15-23/h2-3,6-8,11,14-16,18,21,28-30H,4-5,9-10,12-13H2,1H3,(H,27,31)/t16-,18-,21-/m1/s1. The lowest BCUT2D eigenvalue weighted by Crippen LogP contribution is -2.41. The smallest absolute Gasteiger partial charge is 0.240 e. The number of hydrogen-bond acceptors (Lipinski definition) is 4. The predicted octanol–water partition coefficient (Wildman–Crippen LogP) is 3.56. The second-order valence-electron chi connectivity index (χ2n) is 8.97. The molecule has 0 saturated heterocycles. The van der Waals surface area contributed by atoms with E-state index < -0.39 is 10.0 Å². The van der Waals surface area contributed by atoms with Gasteiger partial charge in [0.1, 0.15) is 5.82 Å². The number of hydrogen-bond donors (Lipinski definition) is 4. The van der Waals surface area contributed by atoms with Crippen LogP contribution in [0.2, 0.25) is 0 Å². The van der Waals surface area contributed by atoms with Crippen molar-refractivity contribution >= 4 is 26.8 Å². The van der Waals surface area contributed by atoms with E-state index in [1.807, 2.05) is 13.0 Å². The van der Waals surface area contributed by atoms with Gasteiger partial charge in [-0.15, -0.1) is 0 Å². The van der Waals surface area contributed by atoms with Crippen LogP contribution in [-0.2, 0) is 21.2 Å². The number of carbonyl (C=O) groups is 1. The summed E-state index contributed by atoms with van der Waals surface area (Å²) in [6, 6.07) is 12.4. The number of fused-ring (bicyclic) bond motifs is 1. The molecule has 0 aliphatic heterocycles. The van der Waals surface area contributed by atoms with Gasteiger partial charge in [-0.1, -0.05) is 18.2 Å². The summed E-state index contributed by atoms with van der Waals surface area (Å²) in [5.74, 6) is -0.555. The van der Waals surface area contributed by atoms with E-state index in [9.17, 15) is 17.6 Å². The number of nitrogens with one attached hydrogen (secondary N) is 3. The zero-order valence-corrected chi connectivity index (χ0v) is 19.9. The number of aliphatic hydroxyl groups excluding tert-OH is 1. The molecule has 1 heterocycles. The molecular formula is C25H30FN3O4S. The summed E-state index contributed by atoms with van der Waals surface area (Å²) in [5.41, 5.74) is 2.39. The summed E-state index contributed by atoms with van der Waals surface area (Å²) in [6.07, 6.45) is 2.82. The zero-order valence-electron chi connectivity index (χ0n) is 19.1. The van der Waals surface area contributed by atoms with E-state index in [0.717, 1.165) is 16.6 Å². The Morgan fingerprint density at radius 2 is 1.82 bits per heavy atom. The number of H-pyrrole nitrogens is 1. The Hall–Kier alpha value is -2.75. The van der Waals surface area contributed by atoms with E-state index in [-0.39, 0.29) is 41.2 Å². The SMILES string of the molecule is C[C@@H](NC(=O)[C@H]1CC[C@H](NS(=O)(=O)c2ccc3cc(CCO)[nH]c3c2)CC1)c1ccc(F)cc1. The number of amides is 1. The van der Waals surface area contributed by atoms with Crippen LogP contribution in [0.25, 0.3) is 10.9 Å². The van der Waals surface area contributed by atoms with Crippen LogP contribution in [0.15, 0.2) is 53.4 Å². The first-order chi connectivity index (χ1) is 16.2. The zero-order chi connectivity index (χ0) is 24.3. The highest BCUT2D eigenvalue weighted by Gasteiger charge is 2.30. The summed E-state index contributed by atoms with van der Waals surface area (Å²) in [4.78, 5) is 16.0. The Labute approximate surface area is 198 Å². The molecule has 1 aliphatic rings. The van der Waals surface area contributed by atoms with Gasteiger partial charge in [-0.2, -0.15) is 0 Å². The minimum Gasteiger partial charge on any atom is -0.396 e. The molecule has 3 aromatic rings. The number of aromatic amines is 1. The van der Waals surface area contributed by atoms with Crippen molar-refractivity contribution in [3.8, 4) is 0 Å². The Morgan fingerprint density at radius 1 is 1.12 bits per heavy atom. The number of sulfonamides is 1. The molecule has 1 saturated carbocycles. The average molecular weight is 488 g/mol. The summed E-state index contributed by atoms with van der Waals surface area (Å²) < 4.78 is 41.8. The van der Waals surface area contributed by atoms with E-state index >= 15 is 0 Å². The van der Waals surface area contributed by atoms with Crippen molar-refractivity contribution in [2.75, 3.05) is 6.61 Å². The molecule has 7 nitrogen and oxygen atoms in total. The van der Waals surface area contributed by atoms with Crippen molar-refractivity contribution in [2.24, 2.45) is 5.92 Å². The number of aromatic nitrogens is 1. The first-order valence-electron chi connectivity index (χ1n) is 11.6. The summed E-state index contributed by atoms with van der Waals surface area (Å²) in [7, 11) is -3.70. The molecule has 1 aromatic heterocycles. The number of benzene rings is 2. The molecule has 1 atom stereocenters. The van der Waals surface area contributed by atoms with Gasteiger partial charge in [0.15, 0.2) is 0 Å². The Balaban J connectivity index is 1.32. The third-order valence-corrected chi connectivity index (χ3v) is 8.01. The minimum absolute atomic E-state index is 0.0192. The molecule has 0 bridgehead atoms. The van der Waals surface area contributed by atoms with Crippen LogP contribution >= 0.6 is 0 Å². The fourth-order valence-corrected chi connectivity index (χ4v) is 5.85. The minimum atomic E-state index is -3.70. The van der Waals surface area contributed by atoms with Crippen LogP contribution in [0.5, 0.6) is 0 Å². The molecule has 2 aromatic carbocycles. The fraction of sp³-hybridized carbons (Fsp3) is 0.400. The normalized spacial score (nSPS) is 19.7. The largest absolute Gasteiger partial charge is 0.396 e. The summed E-state index contributed by atoms with van der Waals surface area (Å²) in [6.45, 7) is 1.88. The van der Waals surface area contributed by atoms with Crippen molar-refractivity contribution in [3.63, 3.8) is 0 Å². The highest BCUT2D eigenvalue weighted by Crippen LogP contribution is 2.27. The van der Waals surface area contributed by atoms with E-state index in [1.54, 1.807) is 30.3 Å². The lowest BCUT2D eigenvalue weighted by Gasteiger charge is -2.29. The summed E-state index contributed by atoms with van der Waals surface area (Å²) in [5, 5.41) is 13.0. The molecule has 4 rings (SSSR count). The molecule has 4 N–H and O–H groups in total. The van der Waals surface area contributed by atoms with Gasteiger partial charge in [-0.3, -0.25) is 4.79 Å². The number of halogens is 1. The van der Waals surface area contributed by atoms with Gasteiger partial charge in [-0.05, 0) is 73.9 Å². The first kappa shape index (κ1) is 24.4. The fourth-order valence-electron chi connectivity index (χ4n) is 4.52. The van der Waals surface area contributed by atoms with Crippen LogP contribution in [0.4, 0.5) is 4.39 Å². The maximum absolute atomic E-state index is 13.1. The third kappa shape index (κ3) is 5.65. The first-order valence-corrected chi connectivity index (χ1v) is 13.0. The van der Waals surface area contributed by atoms with Crippen LogP contribution < -0.4 is 10.0 Å². The second-order valence-corrected chi connectivity index (χ2v) is 10.7. The van der Waals surface area contributed by atoms with Crippen LogP contribution in [0.3, 0.4) is 0 Å². The molecule has 1 amide bonds. The molecule has 0 unspecified atom stereocenters. The van der Waals surface area contributed by atoms with Crippen LogP contribution in [-0.4, -0.2) is 37.1 Å². The van der Waals surface area contributed by atoms with E-state index in [0.29, 0.717) is 37.6 Å². The van der Waals surface area contributed by atoms with Gasteiger partial charge in [0.25, 0.3) is 0 Å². The number of aliphatic hydroxyl groups is 1. The maximum Gasteiger partial charge on any atom is 0.240 e. The lowest BCUT2D eigenvalue weighted by molar-refractivity contribution is -0.126. The Kier molecular flexibility index (Phi) is 7.35. The average Bonchev–Trinajstić information content (AvgIpc) is 3.21. The predicted molar refractivity (Wildman–Crippen MR) is 128 cm³/mol. The van der Waals surface area contributed by atoms with E-state index in [2.05, 4.69) is 15.0 Å². The van der Waals surface area contributed by atoms with Gasteiger partial charge < -0.3 is 15.4 Å². The maximum atomic E-state index is 13.1. The highest BCUT2D eigenvalue weighted by molar-refractivity contribution is 7.89. The van der Waals surface area contributed by atoms with Crippen molar-refractivity contribution in [3.05, 3.63) is 65.6 Å². The van der Waals surface area contributed by atoms with Gasteiger partial charge >= 0.3 is 0 Å². The van der Waals surface area contributed by atoms with E-state index in [1.165, 1.54) is 12.1 Å². The molecule has 1 aliphatic carbocycles. The number of rotatable bonds is 8. The van der Waals surface area contributed by atoms with Crippen molar-refractivity contribution in [1.29, 1.82) is 0 Å². The molecule has 34 heavy (non-hydrogen) atoms. The van der Waals surface area contributed by atoms with Gasteiger partial charge in [0.05, 0.1) is 10.9 Å². The molecule has 0 spiro atoms. The third-order valence-electron chi connectivity index (χ3n) is 6.49. The molecule has 1 fully saturated rings. The molecule has 9 heteroatoms. The van der Waals surface area contributed by atoms with Crippen molar-refractivity contribution < 1.29 is 22.7 Å². The Morgan fingerprint density at radius 3 is 2.50 bits per heavy atom. The Bertz CT molecular complexity index is 1250. The molecular weight excluding hydrogens is 457 g/mol. The number of carbonyl (C=O) groups excluding carboxylic acids is 1. The second kappa shape index (κ2) is 10.2. The van der Waals surface area contributed by atoms with Crippen molar-refractivity contribution in [1.82, 2.24) is 15.0 Å². The quantitative estimate of drug-likeness (QED) is 0.389. The molecule has 0 radical (unpaired) electrons. The van der Waals surface area contributed by atoms with Gasteiger partial charge in [-0.25, -0.2) is 17.5 Å². The van der Waals surface area contributed by atoms with E-state index in [4.69, 9.17) is 5.11 Å². The van der Waals surface area contributed by atoms with Crippen molar-refractivity contribution in [2.45, 2.75) is 56.0 Å². The van der Waals surface area contributed by atoms with Crippen LogP contribution in [0.1, 0.15) is 49.9 Å². The topological polar surface area (TPSA) is 111 Å². The summed E-state index contributed by atoms with van der Waals surface area (Å²) >= 11 is 0. The van der Waals surface area contributed by atoms with Gasteiger partial charge in [0, 0.05) is 36.2 Å². The van der Waals surface area contributed by atoms with Gasteiger partial charge in [0.2, 0.25) is 15.9 Å².